The SMILES string of the molecule is Cn1ccs/c1=N/S(=O)(=O)C1(CO)CC1. The van der Waals surface area contributed by atoms with Crippen LogP contribution >= 0.6 is 11.3 Å². The Morgan fingerprint density at radius 3 is 2.73 bits per heavy atom. The van der Waals surface area contributed by atoms with Gasteiger partial charge in [-0.25, -0.2) is 8.42 Å². The molecule has 84 valence electrons. The van der Waals surface area contributed by atoms with E-state index in [9.17, 15) is 8.42 Å². The van der Waals surface area contributed by atoms with Crippen molar-refractivity contribution in [1.29, 1.82) is 0 Å². The van der Waals surface area contributed by atoms with Crippen LogP contribution < -0.4 is 4.80 Å². The van der Waals surface area contributed by atoms with Crippen LogP contribution in [0.3, 0.4) is 0 Å². The second kappa shape index (κ2) is 3.43. The lowest BCUT2D eigenvalue weighted by molar-refractivity contribution is 0.283. The van der Waals surface area contributed by atoms with Crippen LogP contribution in [0.2, 0.25) is 0 Å². The van der Waals surface area contributed by atoms with Gasteiger partial charge in [0.1, 0.15) is 4.75 Å². The highest BCUT2D eigenvalue weighted by molar-refractivity contribution is 7.91. The van der Waals surface area contributed by atoms with Gasteiger partial charge in [0.15, 0.2) is 0 Å². The van der Waals surface area contributed by atoms with E-state index in [2.05, 4.69) is 4.40 Å². The van der Waals surface area contributed by atoms with Crippen molar-refractivity contribution in [2.75, 3.05) is 6.61 Å². The highest BCUT2D eigenvalue weighted by Gasteiger charge is 2.54. The third-order valence-corrected chi connectivity index (χ3v) is 5.61. The van der Waals surface area contributed by atoms with Crippen molar-refractivity contribution in [3.8, 4) is 0 Å². The molecule has 1 aliphatic rings. The molecule has 0 bridgehead atoms. The van der Waals surface area contributed by atoms with Crippen LogP contribution in [-0.4, -0.2) is 29.4 Å². The van der Waals surface area contributed by atoms with Crippen LogP contribution in [0.1, 0.15) is 12.8 Å². The van der Waals surface area contributed by atoms with Crippen LogP contribution in [0.15, 0.2) is 16.0 Å². The van der Waals surface area contributed by atoms with E-state index in [1.807, 2.05) is 0 Å². The topological polar surface area (TPSA) is 71.7 Å². The molecule has 0 spiro atoms. The van der Waals surface area contributed by atoms with E-state index in [1.54, 1.807) is 23.2 Å². The Bertz CT molecular complexity index is 522. The van der Waals surface area contributed by atoms with E-state index in [1.165, 1.54) is 11.3 Å². The minimum Gasteiger partial charge on any atom is -0.395 e. The Hall–Kier alpha value is -0.660. The summed E-state index contributed by atoms with van der Waals surface area (Å²) in [6, 6.07) is 0. The quantitative estimate of drug-likeness (QED) is 0.808. The summed E-state index contributed by atoms with van der Waals surface area (Å²) in [5.74, 6) is 0. The molecule has 15 heavy (non-hydrogen) atoms. The first kappa shape index (κ1) is 10.8. The maximum atomic E-state index is 11.8. The van der Waals surface area contributed by atoms with Gasteiger partial charge in [-0.3, -0.25) is 0 Å². The molecule has 1 aliphatic carbocycles. The minimum atomic E-state index is -3.58. The first-order valence-electron chi connectivity index (χ1n) is 4.52. The number of rotatable bonds is 3. The van der Waals surface area contributed by atoms with Crippen molar-refractivity contribution in [2.45, 2.75) is 17.6 Å². The maximum absolute atomic E-state index is 11.8. The molecule has 2 rings (SSSR count). The minimum absolute atomic E-state index is 0.339. The zero-order valence-corrected chi connectivity index (χ0v) is 9.88. The molecular formula is C8H12N2O3S2. The van der Waals surface area contributed by atoms with E-state index in [0.717, 1.165) is 0 Å². The lowest BCUT2D eigenvalue weighted by atomic mass is 10.5. The fourth-order valence-electron chi connectivity index (χ4n) is 1.25. The van der Waals surface area contributed by atoms with Gasteiger partial charge in [0, 0.05) is 18.6 Å². The van der Waals surface area contributed by atoms with Crippen LogP contribution in [-0.2, 0) is 17.1 Å². The average molecular weight is 248 g/mol. The second-order valence-electron chi connectivity index (χ2n) is 3.70. The summed E-state index contributed by atoms with van der Waals surface area (Å²) in [6.07, 6.45) is 2.76. The van der Waals surface area contributed by atoms with Crippen molar-refractivity contribution in [2.24, 2.45) is 11.4 Å². The maximum Gasteiger partial charge on any atom is 0.263 e. The van der Waals surface area contributed by atoms with Crippen molar-refractivity contribution >= 4 is 21.4 Å². The lowest BCUT2D eigenvalue weighted by Crippen LogP contribution is -2.27. The summed E-state index contributed by atoms with van der Waals surface area (Å²) in [5.41, 5.74) is 0. The molecule has 0 amide bonds. The fourth-order valence-corrected chi connectivity index (χ4v) is 3.62. The van der Waals surface area contributed by atoms with Crippen molar-refractivity contribution in [3.05, 3.63) is 16.4 Å². The molecule has 1 aromatic heterocycles. The summed E-state index contributed by atoms with van der Waals surface area (Å²) in [7, 11) is -1.84. The molecule has 0 radical (unpaired) electrons. The Kier molecular flexibility index (Phi) is 2.48. The standard InChI is InChI=1S/C8H12N2O3S2/c1-10-4-5-14-7(10)9-15(12,13)8(6-11)2-3-8/h4-5,11H,2-3,6H2,1H3/b9-7+. The number of aromatic nitrogens is 1. The van der Waals surface area contributed by atoms with Gasteiger partial charge in [-0.05, 0) is 12.8 Å². The van der Waals surface area contributed by atoms with Crippen LogP contribution in [0.4, 0.5) is 0 Å². The number of hydrogen-bond donors (Lipinski definition) is 1. The molecule has 1 heterocycles. The Morgan fingerprint density at radius 1 is 1.67 bits per heavy atom. The molecule has 1 aromatic rings. The molecule has 0 atom stereocenters. The van der Waals surface area contributed by atoms with Crippen molar-refractivity contribution in [1.82, 2.24) is 4.57 Å². The number of nitrogens with zero attached hydrogens (tertiary/aromatic N) is 2. The summed E-state index contributed by atoms with van der Waals surface area (Å²) in [6.45, 7) is -0.339. The van der Waals surface area contributed by atoms with Gasteiger partial charge in [0.05, 0.1) is 6.61 Å². The number of aliphatic hydroxyl groups excluding tert-OH is 1. The van der Waals surface area contributed by atoms with Crippen molar-refractivity contribution < 1.29 is 13.5 Å². The molecule has 5 nitrogen and oxygen atoms in total. The number of aryl methyl sites for hydroxylation is 1. The normalized spacial score (nSPS) is 20.5. The van der Waals surface area contributed by atoms with Crippen LogP contribution in [0.25, 0.3) is 0 Å². The predicted molar refractivity (Wildman–Crippen MR) is 56.8 cm³/mol. The Labute approximate surface area is 91.8 Å². The highest BCUT2D eigenvalue weighted by atomic mass is 32.2. The van der Waals surface area contributed by atoms with E-state index in [-0.39, 0.29) is 6.61 Å². The Balaban J connectivity index is 2.46. The van der Waals surface area contributed by atoms with Gasteiger partial charge in [0.2, 0.25) is 4.80 Å². The summed E-state index contributed by atoms with van der Waals surface area (Å²) in [4.78, 5) is 0.440. The lowest BCUT2D eigenvalue weighted by Gasteiger charge is -2.07. The van der Waals surface area contributed by atoms with Gasteiger partial charge in [0.25, 0.3) is 10.0 Å². The molecule has 0 aromatic carbocycles. The van der Waals surface area contributed by atoms with Crippen molar-refractivity contribution in [3.63, 3.8) is 0 Å². The van der Waals surface area contributed by atoms with Gasteiger partial charge < -0.3 is 9.67 Å². The average Bonchev–Trinajstić information content (AvgIpc) is 2.89. The second-order valence-corrected chi connectivity index (χ2v) is 6.58. The smallest absolute Gasteiger partial charge is 0.263 e. The summed E-state index contributed by atoms with van der Waals surface area (Å²) in [5, 5.41) is 10.8. The third kappa shape index (κ3) is 1.75. The molecule has 1 saturated carbocycles. The van der Waals surface area contributed by atoms with Crippen LogP contribution in [0, 0.1) is 0 Å². The molecule has 7 heteroatoms. The van der Waals surface area contributed by atoms with Gasteiger partial charge >= 0.3 is 0 Å². The number of thiazole rings is 1. The largest absolute Gasteiger partial charge is 0.395 e. The number of hydrogen-bond acceptors (Lipinski definition) is 4. The molecule has 0 saturated heterocycles. The molecular weight excluding hydrogens is 236 g/mol. The number of sulfonamides is 1. The fraction of sp³-hybridized carbons (Fsp3) is 0.625. The zero-order chi connectivity index (χ0) is 11.1. The van der Waals surface area contributed by atoms with Gasteiger partial charge in [-0.2, -0.15) is 0 Å². The molecule has 0 aliphatic heterocycles. The van der Waals surface area contributed by atoms with E-state index in [4.69, 9.17) is 5.11 Å². The van der Waals surface area contributed by atoms with Gasteiger partial charge in [-0.15, -0.1) is 15.7 Å². The Morgan fingerprint density at radius 2 is 2.33 bits per heavy atom. The van der Waals surface area contributed by atoms with E-state index >= 15 is 0 Å². The molecule has 1 fully saturated rings. The number of aliphatic hydroxyl groups is 1. The first-order chi connectivity index (χ1) is 7.01. The highest BCUT2D eigenvalue weighted by Crippen LogP contribution is 2.43. The van der Waals surface area contributed by atoms with E-state index < -0.39 is 14.8 Å². The predicted octanol–water partition coefficient (Wildman–Crippen LogP) is -0.158. The van der Waals surface area contributed by atoms with Gasteiger partial charge in [-0.1, -0.05) is 0 Å². The third-order valence-electron chi connectivity index (χ3n) is 2.60. The summed E-state index contributed by atoms with van der Waals surface area (Å²) < 4.78 is 28.1. The zero-order valence-electron chi connectivity index (χ0n) is 8.25. The monoisotopic (exact) mass is 248 g/mol. The first-order valence-corrected chi connectivity index (χ1v) is 6.84. The molecule has 0 unspecified atom stereocenters. The molecule has 1 N–H and O–H groups in total. The summed E-state index contributed by atoms with van der Waals surface area (Å²) >= 11 is 1.27. The van der Waals surface area contributed by atoms with Crippen LogP contribution in [0.5, 0.6) is 0 Å². The van der Waals surface area contributed by atoms with E-state index in [0.29, 0.717) is 17.6 Å².